The van der Waals surface area contributed by atoms with Crippen LogP contribution in [0.2, 0.25) is 0 Å². The zero-order valence-electron chi connectivity index (χ0n) is 14.3. The molecule has 0 bridgehead atoms. The molecule has 0 rings (SSSR count). The minimum Gasteiger partial charge on any atom is -0.318 e. The highest BCUT2D eigenvalue weighted by Crippen LogP contribution is 2.10. The Hall–Kier alpha value is -1.22. The molecule has 0 aromatic carbocycles. The molecule has 0 aromatic heterocycles. The summed E-state index contributed by atoms with van der Waals surface area (Å²) >= 11 is 0. The van der Waals surface area contributed by atoms with Crippen molar-refractivity contribution in [2.75, 3.05) is 0 Å². The van der Waals surface area contributed by atoms with Gasteiger partial charge in [-0.1, -0.05) is 27.7 Å². The van der Waals surface area contributed by atoms with E-state index in [1.165, 1.54) is 0 Å². The van der Waals surface area contributed by atoms with Crippen LogP contribution in [-0.4, -0.2) is 29.6 Å². The Balaban J connectivity index is 4.23. The molecule has 0 aliphatic rings. The van der Waals surface area contributed by atoms with Crippen molar-refractivity contribution >= 4 is 11.9 Å². The number of rotatable bonds is 8. The highest BCUT2D eigenvalue weighted by molar-refractivity contribution is 5.75. The number of nitrogens with two attached hydrogens (primary N) is 1. The van der Waals surface area contributed by atoms with Crippen LogP contribution in [0.25, 0.3) is 0 Å². The van der Waals surface area contributed by atoms with Crippen LogP contribution in [0.4, 0.5) is 0 Å². The van der Waals surface area contributed by atoms with Crippen LogP contribution in [0.3, 0.4) is 0 Å². The van der Waals surface area contributed by atoms with Crippen molar-refractivity contribution < 1.29 is 29.4 Å². The third kappa shape index (κ3) is 8.28. The molecule has 8 heteroatoms. The maximum absolute atomic E-state index is 11.9. The highest BCUT2D eigenvalue weighted by atomic mass is 17.7. The number of carbonyl (C=O) groups is 2. The second kappa shape index (κ2) is 9.04. The van der Waals surface area contributed by atoms with Crippen LogP contribution in [0.1, 0.15) is 48.5 Å². The van der Waals surface area contributed by atoms with Gasteiger partial charge in [-0.25, -0.2) is 9.59 Å². The van der Waals surface area contributed by atoms with Gasteiger partial charge in [0.1, 0.15) is 12.1 Å². The zero-order chi connectivity index (χ0) is 17.5. The fourth-order valence-corrected chi connectivity index (χ4v) is 1.44. The number of hydrogen-bond acceptors (Lipinski definition) is 8. The molecule has 0 aliphatic carbocycles. The second-order valence-electron chi connectivity index (χ2n) is 6.83. The van der Waals surface area contributed by atoms with E-state index in [1.807, 2.05) is 34.6 Å². The molecule has 0 fully saturated rings. The van der Waals surface area contributed by atoms with Crippen molar-refractivity contribution in [1.29, 1.82) is 0 Å². The second-order valence-corrected chi connectivity index (χ2v) is 6.83. The van der Waals surface area contributed by atoms with Gasteiger partial charge < -0.3 is 5.73 Å². The highest BCUT2D eigenvalue weighted by Gasteiger charge is 2.29. The number of hydrogen-bond donors (Lipinski definition) is 2. The van der Waals surface area contributed by atoms with Crippen LogP contribution in [-0.2, 0) is 29.4 Å². The molecule has 0 amide bonds. The minimum atomic E-state index is -0.856. The summed E-state index contributed by atoms with van der Waals surface area (Å²) in [5, 5.41) is 11.4. The van der Waals surface area contributed by atoms with E-state index in [2.05, 4.69) is 25.2 Å². The van der Waals surface area contributed by atoms with Crippen molar-refractivity contribution in [2.24, 2.45) is 17.6 Å². The molecule has 8 nitrogen and oxygen atoms in total. The fraction of sp³-hybridized carbons (Fsp3) is 0.857. The molecule has 3 N–H and O–H groups in total. The monoisotopic (exact) mass is 320 g/mol. The van der Waals surface area contributed by atoms with Gasteiger partial charge in [-0.05, 0) is 32.6 Å². The number of nitrogens with one attached hydrogen (secondary N) is 1. The molecule has 0 spiro atoms. The lowest BCUT2D eigenvalue weighted by atomic mass is 10.00. The largest absolute Gasteiger partial charge is 0.362 e. The lowest BCUT2D eigenvalue weighted by molar-refractivity contribution is -0.600. The van der Waals surface area contributed by atoms with Crippen molar-refractivity contribution in [3.05, 3.63) is 0 Å². The summed E-state index contributed by atoms with van der Waals surface area (Å²) in [6.45, 7) is 13.0. The SMILES string of the molecule is CC(C)[C@H](N)C(=O)OOOOC(=O)[C@@H](NC(C)(C)C)C(C)C. The van der Waals surface area contributed by atoms with Crippen molar-refractivity contribution in [3.63, 3.8) is 0 Å². The van der Waals surface area contributed by atoms with Gasteiger partial charge in [-0.15, -0.1) is 0 Å². The number of carbonyl (C=O) groups excluding carboxylic acids is 2. The summed E-state index contributed by atoms with van der Waals surface area (Å²) in [6.07, 6.45) is 0. The third-order valence-corrected chi connectivity index (χ3v) is 2.76. The van der Waals surface area contributed by atoms with E-state index < -0.39 is 24.0 Å². The van der Waals surface area contributed by atoms with E-state index >= 15 is 0 Å². The topological polar surface area (TPSA) is 109 Å². The molecule has 0 aliphatic heterocycles. The van der Waals surface area contributed by atoms with E-state index in [0.29, 0.717) is 0 Å². The molecule has 0 aromatic rings. The Morgan fingerprint density at radius 2 is 1.36 bits per heavy atom. The smallest absolute Gasteiger partial charge is 0.318 e. The minimum absolute atomic E-state index is 0.0350. The average Bonchev–Trinajstić information content (AvgIpc) is 2.38. The van der Waals surface area contributed by atoms with E-state index in [0.717, 1.165) is 0 Å². The van der Waals surface area contributed by atoms with Crippen LogP contribution in [0, 0.1) is 11.8 Å². The van der Waals surface area contributed by atoms with Crippen molar-refractivity contribution in [3.8, 4) is 0 Å². The zero-order valence-corrected chi connectivity index (χ0v) is 14.3. The first-order valence-corrected chi connectivity index (χ1v) is 7.24. The maximum atomic E-state index is 11.9. The van der Waals surface area contributed by atoms with Gasteiger partial charge in [0.2, 0.25) is 0 Å². The first-order valence-electron chi connectivity index (χ1n) is 7.24. The molecule has 22 heavy (non-hydrogen) atoms. The summed E-state index contributed by atoms with van der Waals surface area (Å²) in [4.78, 5) is 32.0. The standard InChI is InChI=1S/C14H28N2O6/c1-8(2)10(15)12(17)19-21-22-20-13(18)11(9(3)4)16-14(5,6)7/h8-11,16H,15H2,1-7H3/t10-,11-/m0/s1. The Morgan fingerprint density at radius 3 is 1.73 bits per heavy atom. The van der Waals surface area contributed by atoms with Gasteiger partial charge in [0, 0.05) is 15.6 Å². The van der Waals surface area contributed by atoms with Gasteiger partial charge >= 0.3 is 11.9 Å². The van der Waals surface area contributed by atoms with Gasteiger partial charge in [-0.3, -0.25) is 15.1 Å². The van der Waals surface area contributed by atoms with E-state index in [9.17, 15) is 9.59 Å². The molecule has 0 unspecified atom stereocenters. The normalized spacial score (nSPS) is 14.8. The summed E-state index contributed by atoms with van der Waals surface area (Å²) in [5.41, 5.74) is 5.25. The molecule has 0 saturated carbocycles. The summed E-state index contributed by atoms with van der Waals surface area (Å²) in [7, 11) is 0. The molecular formula is C14H28N2O6. The average molecular weight is 320 g/mol. The van der Waals surface area contributed by atoms with Crippen LogP contribution in [0.15, 0.2) is 0 Å². The Labute approximate surface area is 131 Å². The Kier molecular flexibility index (Phi) is 8.54. The predicted molar refractivity (Wildman–Crippen MR) is 78.7 cm³/mol. The maximum Gasteiger partial charge on any atom is 0.362 e. The molecule has 0 saturated heterocycles. The third-order valence-electron chi connectivity index (χ3n) is 2.76. The summed E-state index contributed by atoms with van der Waals surface area (Å²) < 4.78 is 0. The quantitative estimate of drug-likeness (QED) is 0.391. The molecule has 130 valence electrons. The molecule has 0 radical (unpaired) electrons. The fourth-order valence-electron chi connectivity index (χ4n) is 1.44. The summed E-state index contributed by atoms with van der Waals surface area (Å²) in [6, 6.07) is -1.46. The van der Waals surface area contributed by atoms with Crippen LogP contribution in [0.5, 0.6) is 0 Å². The van der Waals surface area contributed by atoms with Gasteiger partial charge in [0.15, 0.2) is 0 Å². The Morgan fingerprint density at radius 1 is 0.909 bits per heavy atom. The molecular weight excluding hydrogens is 292 g/mol. The van der Waals surface area contributed by atoms with E-state index in [1.54, 1.807) is 13.8 Å². The van der Waals surface area contributed by atoms with Crippen molar-refractivity contribution in [2.45, 2.75) is 66.1 Å². The van der Waals surface area contributed by atoms with Crippen LogP contribution < -0.4 is 11.1 Å². The van der Waals surface area contributed by atoms with Gasteiger partial charge in [-0.2, -0.15) is 0 Å². The molecule has 0 heterocycles. The van der Waals surface area contributed by atoms with E-state index in [-0.39, 0.29) is 17.4 Å². The first kappa shape index (κ1) is 20.8. The van der Waals surface area contributed by atoms with Crippen molar-refractivity contribution in [1.82, 2.24) is 5.32 Å². The van der Waals surface area contributed by atoms with Gasteiger partial charge in [0.25, 0.3) is 0 Å². The Bertz CT molecular complexity index is 365. The van der Waals surface area contributed by atoms with Crippen LogP contribution >= 0.6 is 0 Å². The predicted octanol–water partition coefficient (Wildman–Crippen LogP) is 1.25. The van der Waals surface area contributed by atoms with Gasteiger partial charge in [0.05, 0.1) is 0 Å². The lowest BCUT2D eigenvalue weighted by Crippen LogP contribution is -2.51. The molecule has 2 atom stereocenters. The lowest BCUT2D eigenvalue weighted by Gasteiger charge is -2.28. The first-order chi connectivity index (χ1) is 9.95. The summed E-state index contributed by atoms with van der Waals surface area (Å²) in [5.74, 6) is -1.67. The van der Waals surface area contributed by atoms with E-state index in [4.69, 9.17) is 5.73 Å².